The highest BCUT2D eigenvalue weighted by molar-refractivity contribution is 6.13. The fourth-order valence-electron chi connectivity index (χ4n) is 0.821. The van der Waals surface area contributed by atoms with Crippen LogP contribution in [0.25, 0.3) is 0 Å². The maximum Gasteiger partial charge on any atom is 0.0743 e. The van der Waals surface area contributed by atoms with E-state index in [4.69, 9.17) is 11.1 Å². The molecular weight excluding hydrogens is 150 g/mol. The first kappa shape index (κ1) is 8.28. The monoisotopic (exact) mass is 159 g/mol. The van der Waals surface area contributed by atoms with E-state index in [1.54, 1.807) is 19.2 Å². The van der Waals surface area contributed by atoms with Crippen LogP contribution in [-0.4, -0.2) is 19.0 Å². The van der Waals surface area contributed by atoms with E-state index < -0.39 is 0 Å². The Bertz CT molecular complexity index is 348. The summed E-state index contributed by atoms with van der Waals surface area (Å²) in [5.74, 6) is 5.49. The van der Waals surface area contributed by atoms with Gasteiger partial charge < -0.3 is 5.73 Å². The lowest BCUT2D eigenvalue weighted by Crippen LogP contribution is -2.10. The molecule has 1 aliphatic rings. The van der Waals surface area contributed by atoms with Crippen molar-refractivity contribution in [3.63, 3.8) is 0 Å². The molecule has 0 bridgehead atoms. The summed E-state index contributed by atoms with van der Waals surface area (Å²) in [6.45, 7) is 0. The van der Waals surface area contributed by atoms with E-state index in [-0.39, 0.29) is 0 Å². The van der Waals surface area contributed by atoms with Gasteiger partial charge in [0.25, 0.3) is 0 Å². The Balaban J connectivity index is 3.07. The van der Waals surface area contributed by atoms with Crippen LogP contribution >= 0.6 is 0 Å². The molecule has 1 aliphatic carbocycles. The third-order valence-corrected chi connectivity index (χ3v) is 1.36. The van der Waals surface area contributed by atoms with Crippen LogP contribution in [-0.2, 0) is 0 Å². The van der Waals surface area contributed by atoms with Gasteiger partial charge in [0.05, 0.1) is 17.0 Å². The van der Waals surface area contributed by atoms with E-state index in [1.807, 2.05) is 0 Å². The second kappa shape index (κ2) is 3.54. The Kier molecular flexibility index (Phi) is 2.44. The highest BCUT2D eigenvalue weighted by Crippen LogP contribution is 2.03. The molecule has 12 heavy (non-hydrogen) atoms. The Morgan fingerprint density at radius 1 is 1.75 bits per heavy atom. The minimum absolute atomic E-state index is 0.339. The van der Waals surface area contributed by atoms with Gasteiger partial charge in [-0.15, -0.1) is 0 Å². The van der Waals surface area contributed by atoms with Crippen molar-refractivity contribution in [1.82, 2.24) is 0 Å². The first-order chi connectivity index (χ1) is 5.75. The van der Waals surface area contributed by atoms with Crippen LogP contribution in [0.4, 0.5) is 0 Å². The molecule has 0 unspecified atom stereocenters. The molecule has 0 saturated carbocycles. The Hall–Kier alpha value is -1.82. The van der Waals surface area contributed by atoms with Crippen LogP contribution < -0.4 is 5.73 Å². The largest absolute Gasteiger partial charge is 0.396 e. The van der Waals surface area contributed by atoms with Crippen LogP contribution in [0.2, 0.25) is 0 Å². The van der Waals surface area contributed by atoms with Crippen molar-refractivity contribution in [1.29, 1.82) is 5.41 Å². The zero-order valence-electron chi connectivity index (χ0n) is 6.76. The lowest BCUT2D eigenvalue weighted by molar-refractivity contribution is 1.39. The molecule has 0 aromatic carbocycles. The van der Waals surface area contributed by atoms with Crippen LogP contribution in [0, 0.1) is 17.3 Å². The molecular formula is C9H9N3. The minimum atomic E-state index is 0.339. The van der Waals surface area contributed by atoms with E-state index in [1.165, 1.54) is 6.21 Å². The predicted molar refractivity (Wildman–Crippen MR) is 50.3 cm³/mol. The predicted octanol–water partition coefficient (Wildman–Crippen LogP) is 0.493. The van der Waals surface area contributed by atoms with Gasteiger partial charge in [-0.05, 0) is 12.2 Å². The number of nitrogens with zero attached hydrogens (tertiary/aromatic N) is 1. The van der Waals surface area contributed by atoms with Crippen molar-refractivity contribution in [3.05, 3.63) is 23.4 Å². The van der Waals surface area contributed by atoms with Crippen LogP contribution in [0.1, 0.15) is 0 Å². The molecule has 0 radical (unpaired) electrons. The molecule has 60 valence electrons. The molecule has 1 rings (SSSR count). The van der Waals surface area contributed by atoms with E-state index in [0.29, 0.717) is 17.0 Å². The molecule has 3 nitrogen and oxygen atoms in total. The van der Waals surface area contributed by atoms with Gasteiger partial charge in [-0.3, -0.25) is 10.4 Å². The summed E-state index contributed by atoms with van der Waals surface area (Å²) in [6.07, 6.45) is 4.74. The summed E-state index contributed by atoms with van der Waals surface area (Å²) in [4.78, 5) is 3.75. The van der Waals surface area contributed by atoms with Crippen LogP contribution in [0.3, 0.4) is 0 Å². The highest BCUT2D eigenvalue weighted by atomic mass is 14.7. The summed E-state index contributed by atoms with van der Waals surface area (Å²) in [6, 6.07) is 0. The third kappa shape index (κ3) is 1.61. The van der Waals surface area contributed by atoms with E-state index in [0.717, 1.165) is 0 Å². The van der Waals surface area contributed by atoms with Crippen molar-refractivity contribution in [2.45, 2.75) is 0 Å². The standard InChI is InChI=1S/C9H9N3/c1-12-6-9(11)7-4-2-3-5-8(7)10/h3,5-6,10H,11H2,1H3. The van der Waals surface area contributed by atoms with Gasteiger partial charge in [0.15, 0.2) is 0 Å². The second-order valence-corrected chi connectivity index (χ2v) is 2.23. The molecule has 0 fully saturated rings. The molecule has 0 heterocycles. The second-order valence-electron chi connectivity index (χ2n) is 2.23. The van der Waals surface area contributed by atoms with Crippen molar-refractivity contribution in [2.75, 3.05) is 7.05 Å². The number of nitrogens with two attached hydrogens (primary N) is 1. The highest BCUT2D eigenvalue weighted by Gasteiger charge is 2.04. The van der Waals surface area contributed by atoms with Crippen molar-refractivity contribution < 1.29 is 0 Å². The third-order valence-electron chi connectivity index (χ3n) is 1.36. The van der Waals surface area contributed by atoms with E-state index in [2.05, 4.69) is 16.8 Å². The Labute approximate surface area is 71.2 Å². The zero-order valence-corrected chi connectivity index (χ0v) is 6.76. The number of nitrogens with one attached hydrogen (secondary N) is 1. The van der Waals surface area contributed by atoms with Crippen LogP contribution in [0.5, 0.6) is 0 Å². The molecule has 0 saturated heterocycles. The van der Waals surface area contributed by atoms with Crippen LogP contribution in [0.15, 0.2) is 28.4 Å². The van der Waals surface area contributed by atoms with Crippen molar-refractivity contribution >= 4 is 11.9 Å². The lowest BCUT2D eigenvalue weighted by atomic mass is 10.1. The van der Waals surface area contributed by atoms with Gasteiger partial charge in [0.1, 0.15) is 0 Å². The smallest absolute Gasteiger partial charge is 0.0743 e. The fraction of sp³-hybridized carbons (Fsp3) is 0.111. The lowest BCUT2D eigenvalue weighted by Gasteiger charge is -2.01. The Morgan fingerprint density at radius 3 is 3.08 bits per heavy atom. The van der Waals surface area contributed by atoms with E-state index >= 15 is 0 Å². The molecule has 0 atom stereocenters. The average molecular weight is 159 g/mol. The topological polar surface area (TPSA) is 62.2 Å². The summed E-state index contributed by atoms with van der Waals surface area (Å²) < 4.78 is 0. The summed E-state index contributed by atoms with van der Waals surface area (Å²) in [5.41, 5.74) is 6.93. The number of rotatable bonds is 1. The molecule has 0 spiro atoms. The summed E-state index contributed by atoms with van der Waals surface area (Å²) in [7, 11) is 1.63. The van der Waals surface area contributed by atoms with Gasteiger partial charge in [0, 0.05) is 13.3 Å². The zero-order chi connectivity index (χ0) is 8.97. The molecule has 0 amide bonds. The maximum absolute atomic E-state index is 7.47. The van der Waals surface area contributed by atoms with Crippen molar-refractivity contribution in [3.8, 4) is 11.8 Å². The van der Waals surface area contributed by atoms with Gasteiger partial charge in [-0.25, -0.2) is 0 Å². The molecule has 0 aliphatic heterocycles. The van der Waals surface area contributed by atoms with E-state index in [9.17, 15) is 0 Å². The average Bonchev–Trinajstić information content (AvgIpc) is 2.05. The van der Waals surface area contributed by atoms with Gasteiger partial charge in [-0.1, -0.05) is 11.8 Å². The first-order valence-corrected chi connectivity index (χ1v) is 3.44. The quantitative estimate of drug-likeness (QED) is 0.424. The van der Waals surface area contributed by atoms with Gasteiger partial charge >= 0.3 is 0 Å². The van der Waals surface area contributed by atoms with Gasteiger partial charge in [-0.2, -0.15) is 0 Å². The normalized spacial score (nSPS) is 19.2. The number of hydrogen-bond donors (Lipinski definition) is 2. The number of hydrogen-bond acceptors (Lipinski definition) is 3. The Morgan fingerprint density at radius 2 is 2.50 bits per heavy atom. The first-order valence-electron chi connectivity index (χ1n) is 3.44. The molecule has 3 N–H and O–H groups in total. The summed E-state index contributed by atoms with van der Waals surface area (Å²) >= 11 is 0. The minimum Gasteiger partial charge on any atom is -0.396 e. The van der Waals surface area contributed by atoms with Crippen molar-refractivity contribution in [2.24, 2.45) is 10.7 Å². The maximum atomic E-state index is 7.47. The summed E-state index contributed by atoms with van der Waals surface area (Å²) in [5, 5.41) is 7.47. The molecule has 3 heteroatoms. The fourth-order valence-corrected chi connectivity index (χ4v) is 0.821. The number of aliphatic imine (C=N–C) groups is 1. The molecule has 0 aromatic rings. The SMILES string of the molecule is CN=CC(N)=C1C#CC=CC1=N. The van der Waals surface area contributed by atoms with Gasteiger partial charge in [0.2, 0.25) is 0 Å². The number of allylic oxidation sites excluding steroid dienone is 4. The molecule has 0 aromatic heterocycles.